The molecule has 0 saturated carbocycles. The fourth-order valence-corrected chi connectivity index (χ4v) is 5.01. The van der Waals surface area contributed by atoms with E-state index in [0.717, 1.165) is 49.2 Å². The number of pyridine rings is 1. The van der Waals surface area contributed by atoms with Crippen LogP contribution < -0.4 is 20.7 Å². The smallest absolute Gasteiger partial charge is 0.257 e. The summed E-state index contributed by atoms with van der Waals surface area (Å²) in [6.07, 6.45) is 3.49. The lowest BCUT2D eigenvalue weighted by Crippen LogP contribution is -2.42. The molecule has 0 bridgehead atoms. The Morgan fingerprint density at radius 2 is 1.95 bits per heavy atom. The number of benzene rings is 2. The van der Waals surface area contributed by atoms with Gasteiger partial charge in [0, 0.05) is 25.2 Å². The lowest BCUT2D eigenvalue weighted by atomic mass is 9.89. The number of carbonyl (C=O) groups is 1. The van der Waals surface area contributed by atoms with Crippen LogP contribution in [0.1, 0.15) is 12.0 Å². The van der Waals surface area contributed by atoms with Crippen LogP contribution in [-0.4, -0.2) is 78.2 Å². The second kappa shape index (κ2) is 12.0. The van der Waals surface area contributed by atoms with Gasteiger partial charge in [-0.05, 0) is 63.3 Å². The number of likely N-dealkylation sites (N-methyl/N-ethyl adjacent to an activating group) is 1. The number of amides is 1. The van der Waals surface area contributed by atoms with Gasteiger partial charge in [-0.2, -0.15) is 0 Å². The highest BCUT2D eigenvalue weighted by molar-refractivity contribution is 6.34. The molecule has 1 aliphatic heterocycles. The zero-order valence-electron chi connectivity index (χ0n) is 22.3. The lowest BCUT2D eigenvalue weighted by Gasteiger charge is -2.31. The standard InChI is InChI=1S/C29H34ClN7O2/c1-37(2)15-14-32-24(38)18-39-22-10-8-21(9-11-22)27-34-26-25(23(30)17-33-28(26)35-27)36-29(12-13-31-19-29)16-20-6-4-3-5-7-20/h3-11,17,31H,12-16,18-19H2,1-2H3,(H,32,38)(H2,33,34,35,36)/t29-/m1/s1. The summed E-state index contributed by atoms with van der Waals surface area (Å²) in [5.74, 6) is 1.14. The zero-order chi connectivity index (χ0) is 27.2. The van der Waals surface area contributed by atoms with Crippen molar-refractivity contribution in [3.05, 3.63) is 71.4 Å². The third kappa shape index (κ3) is 6.68. The Morgan fingerprint density at radius 1 is 1.15 bits per heavy atom. The van der Waals surface area contributed by atoms with Gasteiger partial charge >= 0.3 is 0 Å². The number of hydrogen-bond acceptors (Lipinski definition) is 7. The Balaban J connectivity index is 1.31. The molecule has 0 unspecified atom stereocenters. The molecule has 4 N–H and O–H groups in total. The van der Waals surface area contributed by atoms with E-state index in [-0.39, 0.29) is 18.1 Å². The van der Waals surface area contributed by atoms with Gasteiger partial charge in [0.2, 0.25) is 0 Å². The molecule has 1 atom stereocenters. The predicted molar refractivity (Wildman–Crippen MR) is 155 cm³/mol. The summed E-state index contributed by atoms with van der Waals surface area (Å²) in [6, 6.07) is 18.0. The van der Waals surface area contributed by atoms with Crippen LogP contribution in [0, 0.1) is 0 Å². The number of nitrogens with zero attached hydrogens (tertiary/aromatic N) is 3. The summed E-state index contributed by atoms with van der Waals surface area (Å²) in [5, 5.41) is 10.7. The number of anilines is 1. The van der Waals surface area contributed by atoms with Gasteiger partial charge in [0.15, 0.2) is 12.3 Å². The summed E-state index contributed by atoms with van der Waals surface area (Å²) in [7, 11) is 3.92. The van der Waals surface area contributed by atoms with Crippen LogP contribution in [-0.2, 0) is 11.2 Å². The number of aromatic nitrogens is 3. The number of nitrogens with one attached hydrogen (secondary N) is 4. The highest BCUT2D eigenvalue weighted by atomic mass is 35.5. The van der Waals surface area contributed by atoms with E-state index >= 15 is 0 Å². The fourth-order valence-electron chi connectivity index (χ4n) is 4.82. The maximum Gasteiger partial charge on any atom is 0.257 e. The molecule has 3 heterocycles. The molecule has 1 amide bonds. The number of hydrogen-bond donors (Lipinski definition) is 4. The van der Waals surface area contributed by atoms with E-state index in [9.17, 15) is 4.79 Å². The molecule has 10 heteroatoms. The Kier molecular flexibility index (Phi) is 8.30. The topological polar surface area (TPSA) is 107 Å². The summed E-state index contributed by atoms with van der Waals surface area (Å²) in [5.41, 5.74) is 4.13. The molecule has 204 valence electrons. The monoisotopic (exact) mass is 547 g/mol. The van der Waals surface area contributed by atoms with Gasteiger partial charge in [0.25, 0.3) is 5.91 Å². The fraction of sp³-hybridized carbons (Fsp3) is 0.345. The molecule has 39 heavy (non-hydrogen) atoms. The minimum absolute atomic E-state index is 0.0333. The molecule has 1 aliphatic rings. The van der Waals surface area contributed by atoms with E-state index in [0.29, 0.717) is 28.8 Å². The van der Waals surface area contributed by atoms with Crippen molar-refractivity contribution in [3.63, 3.8) is 0 Å². The molecule has 2 aromatic carbocycles. The number of fused-ring (bicyclic) bond motifs is 1. The van der Waals surface area contributed by atoms with Gasteiger partial charge < -0.3 is 30.6 Å². The first-order valence-corrected chi connectivity index (χ1v) is 13.5. The van der Waals surface area contributed by atoms with Crippen molar-refractivity contribution in [2.45, 2.75) is 18.4 Å². The van der Waals surface area contributed by atoms with E-state index in [1.54, 1.807) is 6.20 Å². The van der Waals surface area contributed by atoms with Crippen molar-refractivity contribution >= 4 is 34.4 Å². The molecule has 0 aliphatic carbocycles. The largest absolute Gasteiger partial charge is 0.484 e. The molecule has 5 rings (SSSR count). The normalized spacial score (nSPS) is 17.0. The second-order valence-electron chi connectivity index (χ2n) is 10.2. The molecular weight excluding hydrogens is 514 g/mol. The lowest BCUT2D eigenvalue weighted by molar-refractivity contribution is -0.123. The third-order valence-electron chi connectivity index (χ3n) is 6.87. The summed E-state index contributed by atoms with van der Waals surface area (Å²) in [6.45, 7) is 3.10. The van der Waals surface area contributed by atoms with Gasteiger partial charge in [-0.25, -0.2) is 9.97 Å². The van der Waals surface area contributed by atoms with Crippen LogP contribution in [0.25, 0.3) is 22.6 Å². The van der Waals surface area contributed by atoms with Crippen molar-refractivity contribution in [3.8, 4) is 17.1 Å². The quantitative estimate of drug-likeness (QED) is 0.227. The number of imidazole rings is 1. The molecule has 4 aromatic rings. The Morgan fingerprint density at radius 3 is 2.67 bits per heavy atom. The van der Waals surface area contributed by atoms with Crippen LogP contribution in [0.15, 0.2) is 60.8 Å². The summed E-state index contributed by atoms with van der Waals surface area (Å²) in [4.78, 5) is 26.6. The summed E-state index contributed by atoms with van der Waals surface area (Å²) >= 11 is 6.69. The van der Waals surface area contributed by atoms with E-state index in [2.05, 4.69) is 50.2 Å². The highest BCUT2D eigenvalue weighted by Gasteiger charge is 2.35. The highest BCUT2D eigenvalue weighted by Crippen LogP contribution is 2.35. The van der Waals surface area contributed by atoms with Gasteiger partial charge in [-0.15, -0.1) is 0 Å². The van der Waals surface area contributed by atoms with Crippen LogP contribution in [0.5, 0.6) is 5.75 Å². The first-order valence-electron chi connectivity index (χ1n) is 13.1. The van der Waals surface area contributed by atoms with Crippen molar-refractivity contribution in [1.29, 1.82) is 0 Å². The van der Waals surface area contributed by atoms with Crippen molar-refractivity contribution in [2.24, 2.45) is 0 Å². The number of rotatable bonds is 11. The van der Waals surface area contributed by atoms with E-state index in [1.165, 1.54) is 5.56 Å². The van der Waals surface area contributed by atoms with Gasteiger partial charge in [-0.3, -0.25) is 4.79 Å². The van der Waals surface area contributed by atoms with Crippen LogP contribution in [0.2, 0.25) is 5.02 Å². The van der Waals surface area contributed by atoms with Crippen LogP contribution in [0.3, 0.4) is 0 Å². The Hall–Kier alpha value is -3.66. The number of halogens is 1. The molecule has 0 radical (unpaired) electrons. The molecule has 1 fully saturated rings. The average Bonchev–Trinajstić information content (AvgIpc) is 3.57. The zero-order valence-corrected chi connectivity index (χ0v) is 23.0. The number of ether oxygens (including phenoxy) is 1. The molecule has 0 spiro atoms. The molecule has 2 aromatic heterocycles. The second-order valence-corrected chi connectivity index (χ2v) is 10.6. The summed E-state index contributed by atoms with van der Waals surface area (Å²) < 4.78 is 5.64. The van der Waals surface area contributed by atoms with Gasteiger partial charge in [0.05, 0.1) is 22.4 Å². The third-order valence-corrected chi connectivity index (χ3v) is 7.16. The maximum absolute atomic E-state index is 12.0. The van der Waals surface area contributed by atoms with E-state index in [4.69, 9.17) is 21.3 Å². The van der Waals surface area contributed by atoms with Crippen LogP contribution in [0.4, 0.5) is 5.69 Å². The van der Waals surface area contributed by atoms with Crippen LogP contribution >= 0.6 is 11.6 Å². The average molecular weight is 548 g/mol. The molecular formula is C29H34ClN7O2. The van der Waals surface area contributed by atoms with Gasteiger partial charge in [-0.1, -0.05) is 41.9 Å². The number of H-pyrrole nitrogens is 1. The maximum atomic E-state index is 12.0. The number of aromatic amines is 1. The molecule has 9 nitrogen and oxygen atoms in total. The predicted octanol–water partition coefficient (Wildman–Crippen LogP) is 3.72. The first kappa shape index (κ1) is 26.9. The Labute approximate surface area is 233 Å². The SMILES string of the molecule is CN(C)CCNC(=O)COc1ccc(-c2nc3ncc(Cl)c(N[C@@]4(Cc5ccccc5)CCNC4)c3[nH]2)cc1. The van der Waals surface area contributed by atoms with Crippen molar-refractivity contribution in [1.82, 2.24) is 30.5 Å². The van der Waals surface area contributed by atoms with E-state index in [1.807, 2.05) is 49.3 Å². The minimum Gasteiger partial charge on any atom is -0.484 e. The Bertz CT molecular complexity index is 1400. The van der Waals surface area contributed by atoms with Crippen molar-refractivity contribution in [2.75, 3.05) is 52.2 Å². The first-order chi connectivity index (χ1) is 18.9. The van der Waals surface area contributed by atoms with Gasteiger partial charge in [0.1, 0.15) is 17.1 Å². The van der Waals surface area contributed by atoms with E-state index < -0.39 is 0 Å². The number of carbonyl (C=O) groups excluding carboxylic acids is 1. The van der Waals surface area contributed by atoms with Crippen molar-refractivity contribution < 1.29 is 9.53 Å². The molecule has 1 saturated heterocycles. The minimum atomic E-state index is -0.178.